The molecule has 2 aromatic rings. The van der Waals surface area contributed by atoms with Crippen molar-refractivity contribution in [2.24, 2.45) is 0 Å². The lowest BCUT2D eigenvalue weighted by molar-refractivity contribution is 0.862. The van der Waals surface area contributed by atoms with Crippen LogP contribution in [0.15, 0.2) is 34.2 Å². The fourth-order valence-corrected chi connectivity index (χ4v) is 2.93. The van der Waals surface area contributed by atoms with E-state index in [-0.39, 0.29) is 5.56 Å². The maximum atomic E-state index is 12.2. The van der Waals surface area contributed by atoms with Gasteiger partial charge in [-0.05, 0) is 44.7 Å². The number of aromatic nitrogens is 2. The summed E-state index contributed by atoms with van der Waals surface area (Å²) in [6, 6.07) is 8.43. The third kappa shape index (κ3) is 3.71. The summed E-state index contributed by atoms with van der Waals surface area (Å²) < 4.78 is 0. The summed E-state index contributed by atoms with van der Waals surface area (Å²) in [5.41, 5.74) is 3.86. The Labute approximate surface area is 136 Å². The Kier molecular flexibility index (Phi) is 5.66. The molecule has 118 valence electrons. The highest BCUT2D eigenvalue weighted by atomic mass is 32.2. The molecule has 0 spiro atoms. The number of benzene rings is 1. The molecule has 0 aliphatic rings. The molecule has 2 rings (SSSR count). The van der Waals surface area contributed by atoms with Gasteiger partial charge in [-0.25, -0.2) is 4.98 Å². The fourth-order valence-electron chi connectivity index (χ4n) is 2.51. The van der Waals surface area contributed by atoms with E-state index in [0.717, 1.165) is 29.9 Å². The first-order chi connectivity index (χ1) is 10.6. The number of rotatable bonds is 6. The molecule has 1 heterocycles. The van der Waals surface area contributed by atoms with Gasteiger partial charge in [0.05, 0.1) is 0 Å². The van der Waals surface area contributed by atoms with E-state index in [9.17, 15) is 4.79 Å². The summed E-state index contributed by atoms with van der Waals surface area (Å²) >= 11 is 1.45. The van der Waals surface area contributed by atoms with E-state index in [1.165, 1.54) is 17.4 Å². The largest absolute Gasteiger partial charge is 0.372 e. The first-order valence-corrected chi connectivity index (χ1v) is 8.79. The van der Waals surface area contributed by atoms with Gasteiger partial charge in [0.1, 0.15) is 0 Å². The lowest BCUT2D eigenvalue weighted by Gasteiger charge is -2.21. The summed E-state index contributed by atoms with van der Waals surface area (Å²) in [5.74, 6) is 0. The Morgan fingerprint density at radius 2 is 1.82 bits per heavy atom. The second-order valence-electron chi connectivity index (χ2n) is 5.15. The topological polar surface area (TPSA) is 49.0 Å². The highest BCUT2D eigenvalue weighted by Crippen LogP contribution is 2.17. The van der Waals surface area contributed by atoms with Gasteiger partial charge in [-0.3, -0.25) is 4.79 Å². The minimum atomic E-state index is -0.0373. The maximum Gasteiger partial charge on any atom is 0.255 e. The molecular weight excluding hydrogens is 294 g/mol. The number of hydrogen-bond acceptors (Lipinski definition) is 4. The monoisotopic (exact) mass is 317 g/mol. The van der Waals surface area contributed by atoms with E-state index in [2.05, 4.69) is 53.0 Å². The second-order valence-corrected chi connectivity index (χ2v) is 5.95. The van der Waals surface area contributed by atoms with Gasteiger partial charge < -0.3 is 9.88 Å². The molecule has 5 heteroatoms. The van der Waals surface area contributed by atoms with Crippen LogP contribution in [0.25, 0.3) is 0 Å². The van der Waals surface area contributed by atoms with Crippen LogP contribution in [0, 0.1) is 6.92 Å². The van der Waals surface area contributed by atoms with Crippen molar-refractivity contribution in [2.45, 2.75) is 32.3 Å². The van der Waals surface area contributed by atoms with Crippen LogP contribution in [0.2, 0.25) is 0 Å². The molecule has 1 aromatic carbocycles. The van der Waals surface area contributed by atoms with Gasteiger partial charge in [0.25, 0.3) is 5.56 Å². The van der Waals surface area contributed by atoms with Crippen molar-refractivity contribution in [2.75, 3.05) is 24.2 Å². The van der Waals surface area contributed by atoms with Crippen LogP contribution in [-0.4, -0.2) is 29.3 Å². The number of nitrogens with one attached hydrogen (secondary N) is 1. The zero-order valence-electron chi connectivity index (χ0n) is 13.6. The standard InChI is InChI=1S/C17H23N3OS/c1-5-20(6-2)14-9-7-13(8-10-14)11-15-12(3)18-17(22-4)19-16(15)21/h7-10H,5-6,11H2,1-4H3,(H,18,19,21). The van der Waals surface area contributed by atoms with Crippen molar-refractivity contribution in [1.29, 1.82) is 0 Å². The molecule has 0 fully saturated rings. The van der Waals surface area contributed by atoms with Crippen molar-refractivity contribution in [3.63, 3.8) is 0 Å². The van der Waals surface area contributed by atoms with Crippen LogP contribution in [0.4, 0.5) is 5.69 Å². The quantitative estimate of drug-likeness (QED) is 0.656. The van der Waals surface area contributed by atoms with E-state index in [0.29, 0.717) is 11.6 Å². The number of thioether (sulfide) groups is 1. The third-order valence-electron chi connectivity index (χ3n) is 3.84. The van der Waals surface area contributed by atoms with E-state index in [1.807, 2.05) is 13.2 Å². The number of aromatic amines is 1. The van der Waals surface area contributed by atoms with E-state index in [4.69, 9.17) is 0 Å². The number of nitrogens with zero attached hydrogens (tertiary/aromatic N) is 2. The predicted molar refractivity (Wildman–Crippen MR) is 94.2 cm³/mol. The molecule has 0 aliphatic carbocycles. The van der Waals surface area contributed by atoms with Crippen molar-refractivity contribution >= 4 is 17.4 Å². The van der Waals surface area contributed by atoms with Crippen molar-refractivity contribution in [3.05, 3.63) is 51.4 Å². The van der Waals surface area contributed by atoms with E-state index in [1.54, 1.807) is 0 Å². The lowest BCUT2D eigenvalue weighted by atomic mass is 10.0. The Balaban J connectivity index is 2.23. The van der Waals surface area contributed by atoms with Gasteiger partial charge in [0.15, 0.2) is 5.16 Å². The number of aryl methyl sites for hydroxylation is 1. The van der Waals surface area contributed by atoms with Gasteiger partial charge in [-0.1, -0.05) is 23.9 Å². The molecular formula is C17H23N3OS. The number of hydrogen-bond donors (Lipinski definition) is 1. The van der Waals surface area contributed by atoms with Crippen molar-refractivity contribution in [1.82, 2.24) is 9.97 Å². The molecule has 0 saturated carbocycles. The van der Waals surface area contributed by atoms with Gasteiger partial charge in [-0.15, -0.1) is 0 Å². The van der Waals surface area contributed by atoms with Gasteiger partial charge >= 0.3 is 0 Å². The molecule has 22 heavy (non-hydrogen) atoms. The molecule has 0 radical (unpaired) electrons. The Morgan fingerprint density at radius 1 is 1.18 bits per heavy atom. The molecule has 0 bridgehead atoms. The smallest absolute Gasteiger partial charge is 0.255 e. The average molecular weight is 317 g/mol. The molecule has 1 aromatic heterocycles. The lowest BCUT2D eigenvalue weighted by Crippen LogP contribution is -2.21. The van der Waals surface area contributed by atoms with Crippen LogP contribution >= 0.6 is 11.8 Å². The molecule has 0 atom stereocenters. The van der Waals surface area contributed by atoms with Crippen molar-refractivity contribution in [3.8, 4) is 0 Å². The van der Waals surface area contributed by atoms with E-state index < -0.39 is 0 Å². The minimum absolute atomic E-state index is 0.0373. The maximum absolute atomic E-state index is 12.2. The molecule has 0 amide bonds. The van der Waals surface area contributed by atoms with Crippen LogP contribution in [0.3, 0.4) is 0 Å². The van der Waals surface area contributed by atoms with Crippen LogP contribution in [0.5, 0.6) is 0 Å². The normalized spacial score (nSPS) is 10.7. The minimum Gasteiger partial charge on any atom is -0.372 e. The molecule has 0 saturated heterocycles. The van der Waals surface area contributed by atoms with E-state index >= 15 is 0 Å². The predicted octanol–water partition coefficient (Wildman–Crippen LogP) is 3.24. The molecule has 0 unspecified atom stereocenters. The van der Waals surface area contributed by atoms with Gasteiger partial charge in [0.2, 0.25) is 0 Å². The summed E-state index contributed by atoms with van der Waals surface area (Å²) in [7, 11) is 0. The number of anilines is 1. The Morgan fingerprint density at radius 3 is 2.32 bits per heavy atom. The Bertz CT molecular complexity index is 675. The van der Waals surface area contributed by atoms with Gasteiger partial charge in [-0.2, -0.15) is 0 Å². The zero-order chi connectivity index (χ0) is 16.1. The summed E-state index contributed by atoms with van der Waals surface area (Å²) in [6.45, 7) is 8.19. The zero-order valence-corrected chi connectivity index (χ0v) is 14.5. The van der Waals surface area contributed by atoms with Crippen LogP contribution < -0.4 is 10.5 Å². The highest BCUT2D eigenvalue weighted by molar-refractivity contribution is 7.98. The summed E-state index contributed by atoms with van der Waals surface area (Å²) in [5, 5.41) is 0.670. The molecule has 4 nitrogen and oxygen atoms in total. The third-order valence-corrected chi connectivity index (χ3v) is 4.42. The first kappa shape index (κ1) is 16.6. The summed E-state index contributed by atoms with van der Waals surface area (Å²) in [6.07, 6.45) is 2.52. The van der Waals surface area contributed by atoms with Gasteiger partial charge in [0, 0.05) is 36.5 Å². The number of H-pyrrole nitrogens is 1. The molecule has 0 aliphatic heterocycles. The summed E-state index contributed by atoms with van der Waals surface area (Å²) in [4.78, 5) is 21.7. The van der Waals surface area contributed by atoms with Crippen LogP contribution in [0.1, 0.15) is 30.7 Å². The fraction of sp³-hybridized carbons (Fsp3) is 0.412. The van der Waals surface area contributed by atoms with Crippen LogP contribution in [-0.2, 0) is 6.42 Å². The Hall–Kier alpha value is -1.75. The SMILES string of the molecule is CCN(CC)c1ccc(Cc2c(C)nc(SC)[nH]c2=O)cc1. The highest BCUT2D eigenvalue weighted by Gasteiger charge is 2.09. The van der Waals surface area contributed by atoms with Crippen molar-refractivity contribution < 1.29 is 0 Å². The average Bonchev–Trinajstić information content (AvgIpc) is 2.53. The molecule has 1 N–H and O–H groups in total. The second kappa shape index (κ2) is 7.49. The first-order valence-electron chi connectivity index (χ1n) is 7.56.